The van der Waals surface area contributed by atoms with E-state index in [1.54, 1.807) is 0 Å². The van der Waals surface area contributed by atoms with Crippen molar-refractivity contribution in [1.82, 2.24) is 0 Å². The van der Waals surface area contributed by atoms with Crippen LogP contribution >= 0.6 is 9.90 Å². The van der Waals surface area contributed by atoms with Gasteiger partial charge in [-0.15, -0.1) is 0 Å². The average molecular weight is 391 g/mol. The zero-order chi connectivity index (χ0) is 0. The highest BCUT2D eigenvalue weighted by Gasteiger charge is 0.0322. The van der Waals surface area contributed by atoms with Crippen LogP contribution in [0.3, 0.4) is 0 Å². The standard InChI is InChI=1S/33B.H3P/h;;;;;;;;;;;;;;;;;;;;;;;;;;;;;;;;;1H3. The highest BCUT2D eigenvalue weighted by atomic mass is 31.0. The lowest BCUT2D eigenvalue weighted by Gasteiger charge is -0.154. The van der Waals surface area contributed by atoms with Crippen molar-refractivity contribution < 1.29 is 0 Å². The summed E-state index contributed by atoms with van der Waals surface area (Å²) in [5, 5.41) is 0. The third-order valence-electron chi connectivity index (χ3n) is 0. The molecule has 99 radical (unpaired) electrons. The number of hydrogen-bond acceptors (Lipinski definition) is 0. The van der Waals surface area contributed by atoms with Crippen LogP contribution in [0.15, 0.2) is 0 Å². The van der Waals surface area contributed by atoms with Crippen molar-refractivity contribution in [2.24, 2.45) is 0 Å². The molecular weight excluding hydrogens is 388 g/mol. The molecule has 0 amide bonds. The third kappa shape index (κ3) is 5890. The second-order valence-electron chi connectivity index (χ2n) is 0. The lowest BCUT2D eigenvalue weighted by atomic mass is 10.8. The first-order chi connectivity index (χ1) is 0. The fraction of sp³-hybridized carbons (Fsp3) is 0. The summed E-state index contributed by atoms with van der Waals surface area (Å²) in [7, 11) is 0. The summed E-state index contributed by atoms with van der Waals surface area (Å²) in [6.45, 7) is 0. The Morgan fingerprint density at radius 3 is 0.0588 bits per heavy atom. The summed E-state index contributed by atoms with van der Waals surface area (Å²) in [6, 6.07) is 0. The molecular formula is H3B33P. The molecule has 0 aromatic carbocycles. The van der Waals surface area contributed by atoms with Crippen molar-refractivity contribution in [1.29, 1.82) is 0 Å². The highest BCUT2D eigenvalue weighted by Crippen LogP contribution is 0.861. The van der Waals surface area contributed by atoms with Gasteiger partial charge in [0.2, 0.25) is 0 Å². The Hall–Kier alpha value is 2.57. The van der Waals surface area contributed by atoms with Crippen molar-refractivity contribution >= 4 is 288 Å². The average Bonchev–Trinajstić information content (AvgIpc) is 0. The van der Waals surface area contributed by atoms with Gasteiger partial charge in [-0.05, 0) is 0 Å². The molecule has 0 fully saturated rings. The Kier molecular flexibility index (Phi) is 1320000. The maximum Gasteiger partial charge on any atom is 0 e. The lowest BCUT2D eigenvalue weighted by Crippen LogP contribution is -0.382. The quantitative estimate of drug-likeness (QED) is 0.285. The molecule has 0 rings (SSSR count). The lowest BCUT2D eigenvalue weighted by molar-refractivity contribution is 5.75. The van der Waals surface area contributed by atoms with Crippen LogP contribution in [0.25, 0.3) is 0 Å². The topological polar surface area (TPSA) is 0 Å². The maximum absolute atomic E-state index is 0. The van der Waals surface area contributed by atoms with E-state index < -0.39 is 0 Å². The minimum atomic E-state index is 0. The molecule has 0 heterocycles. The summed E-state index contributed by atoms with van der Waals surface area (Å²) < 4.78 is 0. The molecule has 1 atom stereocenters. The van der Waals surface area contributed by atoms with E-state index in [9.17, 15) is 0 Å². The first-order valence-electron chi connectivity index (χ1n) is 0. The van der Waals surface area contributed by atoms with E-state index in [4.69, 9.17) is 0 Å². The van der Waals surface area contributed by atoms with Crippen molar-refractivity contribution in [3.8, 4) is 0 Å². The van der Waals surface area contributed by atoms with Gasteiger partial charge in [-0.2, -0.15) is 9.90 Å². The van der Waals surface area contributed by atoms with Crippen LogP contribution in [0.5, 0.6) is 0 Å². The van der Waals surface area contributed by atoms with Crippen molar-refractivity contribution in [2.45, 2.75) is 0 Å². The van der Waals surface area contributed by atoms with Gasteiger partial charge < -0.3 is 0 Å². The molecule has 0 N–H and O–H groups in total. The van der Waals surface area contributed by atoms with Crippen LogP contribution in [0, 0.1) is 0 Å². The first-order valence-corrected chi connectivity index (χ1v) is 0. The first kappa shape index (κ1) is 6990. The van der Waals surface area contributed by atoms with E-state index in [1.165, 1.54) is 0 Å². The van der Waals surface area contributed by atoms with Gasteiger partial charge in [-0.1, -0.05) is 0 Å². The fourth-order valence-electron chi connectivity index (χ4n) is 0. The van der Waals surface area contributed by atoms with Crippen LogP contribution in [0.1, 0.15) is 0 Å². The molecule has 34 heteroatoms. The fourth-order valence-corrected chi connectivity index (χ4v) is 0. The predicted molar refractivity (Wildman–Crippen MR) is 201 cm³/mol. The Labute approximate surface area is 286 Å². The largest absolute Gasteiger partial charge is 0.153 e. The summed E-state index contributed by atoms with van der Waals surface area (Å²) in [6.07, 6.45) is 0. The van der Waals surface area contributed by atoms with Crippen LogP contribution < -0.4 is 0 Å². The molecule has 0 aliphatic carbocycles. The molecule has 0 bridgehead atoms. The predicted octanol–water partition coefficient (Wildman–Crippen LogP) is -12.5. The second-order valence-corrected chi connectivity index (χ2v) is 0. The smallest absolute Gasteiger partial charge is 0 e. The normalized spacial score (nSPS) is 0. The minimum absolute atomic E-state index is 0. The summed E-state index contributed by atoms with van der Waals surface area (Å²) in [5.41, 5.74) is 0. The summed E-state index contributed by atoms with van der Waals surface area (Å²) in [4.78, 5) is 0. The zero-order valence-corrected chi connectivity index (χ0v) is 21.2. The van der Waals surface area contributed by atoms with Gasteiger partial charge in [-0.25, -0.2) is 0 Å². The van der Waals surface area contributed by atoms with Crippen LogP contribution in [0.4, 0.5) is 0 Å². The molecule has 0 saturated carbocycles. The van der Waals surface area contributed by atoms with Crippen molar-refractivity contribution in [2.75, 3.05) is 0 Å². The van der Waals surface area contributed by atoms with Gasteiger partial charge in [0.05, 0.1) is 0 Å². The van der Waals surface area contributed by atoms with Crippen molar-refractivity contribution in [3.63, 3.8) is 0 Å². The van der Waals surface area contributed by atoms with Gasteiger partial charge in [-0.3, -0.25) is 0 Å². The van der Waals surface area contributed by atoms with Crippen LogP contribution in [0.2, 0.25) is 0 Å². The zero-order valence-electron chi connectivity index (χ0n) is 19.8. The Morgan fingerprint density at radius 2 is 0.0588 bits per heavy atom. The molecule has 0 aliphatic rings. The van der Waals surface area contributed by atoms with E-state index in [1.807, 2.05) is 0 Å². The van der Waals surface area contributed by atoms with E-state index >= 15 is 0 Å². The number of hydrogen-bond donors (Lipinski definition) is 0. The third-order valence-corrected chi connectivity index (χ3v) is 0. The molecule has 0 aromatic heterocycles. The van der Waals surface area contributed by atoms with E-state index in [-0.39, 0.29) is 288 Å². The highest BCUT2D eigenvalue weighted by molar-refractivity contribution is 6.92. The molecule has 0 nitrogen and oxygen atoms in total. The van der Waals surface area contributed by atoms with E-state index in [2.05, 4.69) is 0 Å². The molecule has 0 spiro atoms. The molecule has 1 unspecified atom stereocenters. The SMILES string of the molecule is P.[B].[B].[B].[B].[B].[B].[B].[B].[B].[B].[B].[B].[B].[B].[B].[B].[B].[B].[B].[B].[B].[B].[B].[B].[B].[B].[B].[B].[B].[B].[B].[B].[B]. The minimum Gasteiger partial charge on any atom is -0.153 e. The summed E-state index contributed by atoms with van der Waals surface area (Å²) >= 11 is 0. The molecule has 0 aromatic rings. The van der Waals surface area contributed by atoms with E-state index in [0.717, 1.165) is 0 Å². The Morgan fingerprint density at radius 1 is 0.0588 bits per heavy atom. The molecule has 0 saturated heterocycles. The number of rotatable bonds is 0. The summed E-state index contributed by atoms with van der Waals surface area (Å²) in [5.74, 6) is 0. The monoisotopic (exact) mass is 397 g/mol. The van der Waals surface area contributed by atoms with Crippen LogP contribution in [-0.2, 0) is 0 Å². The van der Waals surface area contributed by atoms with E-state index in [0.29, 0.717) is 0 Å². The van der Waals surface area contributed by atoms with Gasteiger partial charge >= 0.3 is 0 Å². The Bertz CT molecular complexity index is 6.51. The second kappa shape index (κ2) is 6420. The maximum atomic E-state index is 0. The van der Waals surface area contributed by atoms with Gasteiger partial charge in [0, 0.05) is 278 Å². The molecule has 107 valence electrons. The van der Waals surface area contributed by atoms with Gasteiger partial charge in [0.25, 0.3) is 0 Å². The van der Waals surface area contributed by atoms with Crippen LogP contribution in [-0.4, -0.2) is 278 Å². The van der Waals surface area contributed by atoms with Gasteiger partial charge in [0.1, 0.15) is 0 Å². The molecule has 34 heavy (non-hydrogen) atoms. The molecule has 0 aliphatic heterocycles. The van der Waals surface area contributed by atoms with Gasteiger partial charge in [0.15, 0.2) is 0 Å². The van der Waals surface area contributed by atoms with Crippen molar-refractivity contribution in [3.05, 3.63) is 0 Å². The Balaban J connectivity index is 0.